The zero-order valence-corrected chi connectivity index (χ0v) is 46.6. The van der Waals surface area contributed by atoms with Crippen molar-refractivity contribution in [2.24, 2.45) is 29.0 Å². The summed E-state index contributed by atoms with van der Waals surface area (Å²) in [6.07, 6.45) is 2.07. The van der Waals surface area contributed by atoms with Gasteiger partial charge in [-0.3, -0.25) is 62.3 Å². The number of carbonyl (C=O) groups is 13. The molecule has 0 aromatic rings. The Morgan fingerprint density at radius 1 is 0.633 bits per heavy atom. The predicted molar refractivity (Wildman–Crippen MR) is 283 cm³/mol. The summed E-state index contributed by atoms with van der Waals surface area (Å²) in [5, 5.41) is 41.5. The molecule has 2 saturated heterocycles. The number of carbonyl (C=O) groups excluding carboxylic acids is 13. The molecule has 16 N–H and O–H groups in total. The lowest BCUT2D eigenvalue weighted by atomic mass is 9.90. The smallest absolute Gasteiger partial charge is 0.268 e. The fourth-order valence-electron chi connectivity index (χ4n) is 8.89. The molecule has 0 saturated carbocycles. The topological polar surface area (TPSA) is 443 Å². The summed E-state index contributed by atoms with van der Waals surface area (Å²) in [6.45, 7) is 11.7. The van der Waals surface area contributed by atoms with Crippen molar-refractivity contribution >= 4 is 76.8 Å². The molecular formula is C51H83N13O15. The van der Waals surface area contributed by atoms with Crippen LogP contribution in [0.5, 0.6) is 0 Å². The molecule has 2 heterocycles. The van der Waals surface area contributed by atoms with Crippen molar-refractivity contribution in [3.8, 4) is 0 Å². The standard InChI is InChI=1S/C51H83N13O15/c1-10-13-14-15-16-17-19-26(6)39-41(69)49(77)60-38(25(4)5)48(76)57-30(12-3)44(72)59-32(23-36(53)67)46(74)56-29(11-2)43(71)58-31(22-35(52)66)45(73)55-27(7)42(70)62-40(28(8)65)51(79)63(9)34(24-37(54)68)50(78)64-21-18-20-33(64)47(75)61-39/h11-12,25-28,31-34,38-41,65,69H,10,13-24H2,1-9H3,(H2,52,66)(H2,53,67)(H2,54,68)(H,55,73)(H,56,74)(H,57,76)(H,58,71)(H,59,72)(H,60,77)(H,61,75)(H,62,70)/t26-,27+,28+,31-,32-,33-,34-,38-,39+,40-,41+/m0/s1. The van der Waals surface area contributed by atoms with E-state index in [1.165, 1.54) is 13.8 Å². The van der Waals surface area contributed by atoms with Gasteiger partial charge in [-0.05, 0) is 58.8 Å². The first-order chi connectivity index (χ1) is 37.0. The maximum atomic E-state index is 14.5. The molecule has 28 heteroatoms. The van der Waals surface area contributed by atoms with Crippen molar-refractivity contribution in [3.63, 3.8) is 0 Å². The minimum atomic E-state index is -2.02. The van der Waals surface area contributed by atoms with Crippen LogP contribution >= 0.6 is 0 Å². The molecule has 0 aromatic heterocycles. The van der Waals surface area contributed by atoms with Crippen LogP contribution in [0.2, 0.25) is 0 Å². The number of nitrogens with two attached hydrogens (primary N) is 3. The summed E-state index contributed by atoms with van der Waals surface area (Å²) in [6, 6.07) is -12.9. The molecule has 0 unspecified atom stereocenters. The zero-order chi connectivity index (χ0) is 60.0. The lowest BCUT2D eigenvalue weighted by Gasteiger charge is -2.36. The van der Waals surface area contributed by atoms with Crippen LogP contribution in [0.25, 0.3) is 0 Å². The summed E-state index contributed by atoms with van der Waals surface area (Å²) >= 11 is 0. The first-order valence-electron chi connectivity index (χ1n) is 26.6. The second kappa shape index (κ2) is 32.4. The molecule has 2 fully saturated rings. The first-order valence-corrected chi connectivity index (χ1v) is 26.6. The van der Waals surface area contributed by atoms with Crippen LogP contribution in [0, 0.1) is 11.8 Å². The van der Waals surface area contributed by atoms with E-state index in [4.69, 9.17) is 17.2 Å². The molecule has 79 heavy (non-hydrogen) atoms. The van der Waals surface area contributed by atoms with E-state index >= 15 is 0 Å². The van der Waals surface area contributed by atoms with E-state index in [2.05, 4.69) is 49.5 Å². The summed E-state index contributed by atoms with van der Waals surface area (Å²) in [5.41, 5.74) is 15.3. The van der Waals surface area contributed by atoms with Crippen molar-refractivity contribution in [1.82, 2.24) is 52.3 Å². The number of hydrogen-bond donors (Lipinski definition) is 13. The van der Waals surface area contributed by atoms with Gasteiger partial charge in [0.15, 0.2) is 6.10 Å². The van der Waals surface area contributed by atoms with Gasteiger partial charge in [0.25, 0.3) is 17.7 Å². The lowest BCUT2D eigenvalue weighted by Crippen LogP contribution is -2.62. The van der Waals surface area contributed by atoms with Gasteiger partial charge < -0.3 is 79.7 Å². The molecule has 0 bridgehead atoms. The minimum Gasteiger partial charge on any atom is -0.391 e. The number of hydrogen-bond acceptors (Lipinski definition) is 15. The van der Waals surface area contributed by atoms with Crippen molar-refractivity contribution < 1.29 is 72.5 Å². The van der Waals surface area contributed by atoms with Crippen LogP contribution < -0.4 is 59.7 Å². The molecule has 13 amide bonds. The molecule has 0 spiro atoms. The number of unbranched alkanes of at least 4 members (excludes halogenated alkanes) is 5. The molecule has 2 aliphatic heterocycles. The SMILES string of the molecule is CC=C1NC(=O)[C@H](CC(N)=O)NC(=O)C(=CC)NC(=O)[C@H](C(C)C)NC(=O)[C@H](O)[C@@H]([C@@H](C)CCCCCCCC)NC(=O)[C@@H]2CCCN2C(=O)[C@H](CC(N)=O)N(C)C(=O)[C@H]([C@@H](C)O)NC(=O)[C@@H](C)NC(=O)[C@H](CC(N)=O)NC1=O. The Balaban J connectivity index is 2.81. The Labute approximate surface area is 459 Å². The van der Waals surface area contributed by atoms with E-state index in [1.807, 2.05) is 0 Å². The molecule has 0 aliphatic carbocycles. The predicted octanol–water partition coefficient (Wildman–Crippen LogP) is -3.80. The van der Waals surface area contributed by atoms with E-state index in [0.29, 0.717) is 12.8 Å². The maximum absolute atomic E-state index is 14.5. The average Bonchev–Trinajstić information content (AvgIpc) is 3.88. The number of likely N-dealkylation sites (N-methyl/N-ethyl adjacent to an activating group) is 1. The highest BCUT2D eigenvalue weighted by Crippen LogP contribution is 2.24. The van der Waals surface area contributed by atoms with E-state index in [-0.39, 0.29) is 19.4 Å². The van der Waals surface area contributed by atoms with Crippen LogP contribution in [-0.4, -0.2) is 171 Å². The van der Waals surface area contributed by atoms with Gasteiger partial charge in [0.1, 0.15) is 53.7 Å². The van der Waals surface area contributed by atoms with Crippen LogP contribution in [0.15, 0.2) is 23.5 Å². The molecule has 0 radical (unpaired) electrons. The van der Waals surface area contributed by atoms with Gasteiger partial charge in [0.2, 0.25) is 59.1 Å². The fourth-order valence-corrected chi connectivity index (χ4v) is 8.89. The summed E-state index contributed by atoms with van der Waals surface area (Å²) in [4.78, 5) is 178. The zero-order valence-electron chi connectivity index (χ0n) is 46.6. The van der Waals surface area contributed by atoms with Gasteiger partial charge in [0.05, 0.1) is 31.4 Å². The Hall–Kier alpha value is -7.49. The Morgan fingerprint density at radius 2 is 1.14 bits per heavy atom. The Bertz CT molecular complexity index is 2320. The van der Waals surface area contributed by atoms with E-state index in [1.54, 1.807) is 20.8 Å². The molecule has 2 rings (SSSR count). The minimum absolute atomic E-state index is 0.0557. The molecular weight excluding hydrogens is 1030 g/mol. The highest BCUT2D eigenvalue weighted by atomic mass is 16.3. The van der Waals surface area contributed by atoms with Gasteiger partial charge in [-0.25, -0.2) is 0 Å². The van der Waals surface area contributed by atoms with Gasteiger partial charge in [0, 0.05) is 13.6 Å². The number of nitrogens with one attached hydrogen (secondary N) is 8. The number of fused-ring (bicyclic) bond motifs is 1. The molecule has 28 nitrogen and oxygen atoms in total. The number of amides is 13. The summed E-state index contributed by atoms with van der Waals surface area (Å²) < 4.78 is 0. The van der Waals surface area contributed by atoms with Crippen molar-refractivity contribution in [3.05, 3.63) is 23.5 Å². The van der Waals surface area contributed by atoms with Crippen molar-refractivity contribution in [2.45, 2.75) is 193 Å². The van der Waals surface area contributed by atoms with Gasteiger partial charge in [-0.1, -0.05) is 78.4 Å². The van der Waals surface area contributed by atoms with Crippen LogP contribution in [-0.2, 0) is 62.3 Å². The van der Waals surface area contributed by atoms with E-state index in [0.717, 1.165) is 75.0 Å². The third-order valence-electron chi connectivity index (χ3n) is 13.6. The van der Waals surface area contributed by atoms with Gasteiger partial charge in [-0.2, -0.15) is 0 Å². The lowest BCUT2D eigenvalue weighted by molar-refractivity contribution is -0.151. The van der Waals surface area contributed by atoms with Crippen LogP contribution in [0.3, 0.4) is 0 Å². The summed E-state index contributed by atoms with van der Waals surface area (Å²) in [7, 11) is 1.10. The third-order valence-corrected chi connectivity index (χ3v) is 13.6. The molecule has 2 aliphatic rings. The number of aliphatic hydroxyl groups excluding tert-OH is 2. The number of rotatable bonds is 16. The monoisotopic (exact) mass is 1120 g/mol. The van der Waals surface area contributed by atoms with Gasteiger partial charge >= 0.3 is 0 Å². The molecule has 442 valence electrons. The largest absolute Gasteiger partial charge is 0.391 e. The third kappa shape index (κ3) is 20.7. The number of allylic oxidation sites excluding steroid dienone is 2. The van der Waals surface area contributed by atoms with E-state index in [9.17, 15) is 72.5 Å². The quantitative estimate of drug-likeness (QED) is 0.0521. The van der Waals surface area contributed by atoms with Crippen molar-refractivity contribution in [1.29, 1.82) is 0 Å². The second-order valence-corrected chi connectivity index (χ2v) is 20.3. The van der Waals surface area contributed by atoms with Crippen LogP contribution in [0.4, 0.5) is 0 Å². The maximum Gasteiger partial charge on any atom is 0.268 e. The highest BCUT2D eigenvalue weighted by Gasteiger charge is 2.44. The number of nitrogens with zero attached hydrogens (tertiary/aromatic N) is 2. The first kappa shape index (κ1) is 67.6. The fraction of sp³-hybridized carbons (Fsp3) is 0.667. The number of primary amides is 3. The molecule has 0 aromatic carbocycles. The van der Waals surface area contributed by atoms with Crippen molar-refractivity contribution in [2.75, 3.05) is 13.6 Å². The average molecular weight is 1120 g/mol. The van der Waals surface area contributed by atoms with Gasteiger partial charge in [-0.15, -0.1) is 0 Å². The Morgan fingerprint density at radius 3 is 1.65 bits per heavy atom. The van der Waals surface area contributed by atoms with E-state index < -0.39 is 180 Å². The summed E-state index contributed by atoms with van der Waals surface area (Å²) in [5.74, 6) is -15.4. The second-order valence-electron chi connectivity index (χ2n) is 20.3. The molecule has 11 atom stereocenters. The van der Waals surface area contributed by atoms with Crippen LogP contribution in [0.1, 0.15) is 132 Å². The number of aliphatic hydroxyl groups is 2. The Kier molecular flexibility index (Phi) is 27.7. The highest BCUT2D eigenvalue weighted by molar-refractivity contribution is 6.05. The normalized spacial score (nSPS) is 27.3.